The van der Waals surface area contributed by atoms with E-state index >= 15 is 0 Å². The van der Waals surface area contributed by atoms with E-state index in [1.807, 2.05) is 12.1 Å². The first-order chi connectivity index (χ1) is 8.18. The van der Waals surface area contributed by atoms with Crippen molar-refractivity contribution in [2.45, 2.75) is 19.8 Å². The summed E-state index contributed by atoms with van der Waals surface area (Å²) in [5.41, 5.74) is 1.54. The van der Waals surface area contributed by atoms with Gasteiger partial charge in [-0.3, -0.25) is 9.78 Å². The Kier molecular flexibility index (Phi) is 3.74. The highest BCUT2D eigenvalue weighted by Gasteiger charge is 2.20. The lowest BCUT2D eigenvalue weighted by Gasteiger charge is -2.26. The van der Waals surface area contributed by atoms with Gasteiger partial charge < -0.3 is 10.1 Å². The summed E-state index contributed by atoms with van der Waals surface area (Å²) >= 11 is 0. The van der Waals surface area contributed by atoms with Crippen LogP contribution in [0.15, 0.2) is 18.3 Å². The van der Waals surface area contributed by atoms with Gasteiger partial charge in [0, 0.05) is 18.7 Å². The predicted molar refractivity (Wildman–Crippen MR) is 65.0 cm³/mol. The second-order valence-corrected chi connectivity index (χ2v) is 4.71. The van der Waals surface area contributed by atoms with Crippen LogP contribution in [0.4, 0.5) is 0 Å². The maximum Gasteiger partial charge on any atom is 0.270 e. The third-order valence-corrected chi connectivity index (χ3v) is 2.93. The Morgan fingerprint density at radius 1 is 1.59 bits per heavy atom. The van der Waals surface area contributed by atoms with Crippen molar-refractivity contribution < 1.29 is 9.53 Å². The lowest BCUT2D eigenvalue weighted by molar-refractivity contribution is -0.0299. The SMILES string of the molecule is CC(C)c1cccnc1C(=O)NCC1COC1. The molecule has 4 nitrogen and oxygen atoms in total. The zero-order valence-electron chi connectivity index (χ0n) is 10.3. The molecule has 0 bridgehead atoms. The van der Waals surface area contributed by atoms with Crippen LogP contribution in [-0.4, -0.2) is 30.6 Å². The summed E-state index contributed by atoms with van der Waals surface area (Å²) in [6.07, 6.45) is 1.66. The molecule has 17 heavy (non-hydrogen) atoms. The summed E-state index contributed by atoms with van der Waals surface area (Å²) in [5, 5.41) is 2.91. The predicted octanol–water partition coefficient (Wildman–Crippen LogP) is 1.58. The fraction of sp³-hybridized carbons (Fsp3) is 0.538. The highest BCUT2D eigenvalue weighted by atomic mass is 16.5. The summed E-state index contributed by atoms with van der Waals surface area (Å²) < 4.78 is 5.07. The average molecular weight is 234 g/mol. The van der Waals surface area contributed by atoms with Gasteiger partial charge >= 0.3 is 0 Å². The van der Waals surface area contributed by atoms with Gasteiger partial charge in [0.2, 0.25) is 0 Å². The number of nitrogens with one attached hydrogen (secondary N) is 1. The van der Waals surface area contributed by atoms with Gasteiger partial charge in [-0.05, 0) is 17.5 Å². The molecule has 1 aromatic heterocycles. The van der Waals surface area contributed by atoms with Gasteiger partial charge in [-0.2, -0.15) is 0 Å². The number of nitrogens with zero attached hydrogens (tertiary/aromatic N) is 1. The van der Waals surface area contributed by atoms with Crippen molar-refractivity contribution in [2.75, 3.05) is 19.8 Å². The second kappa shape index (κ2) is 5.27. The maximum atomic E-state index is 12.0. The van der Waals surface area contributed by atoms with E-state index in [-0.39, 0.29) is 5.91 Å². The van der Waals surface area contributed by atoms with Crippen molar-refractivity contribution in [3.63, 3.8) is 0 Å². The van der Waals surface area contributed by atoms with Gasteiger partial charge in [-0.1, -0.05) is 19.9 Å². The number of carbonyl (C=O) groups excluding carboxylic acids is 1. The Morgan fingerprint density at radius 2 is 2.35 bits per heavy atom. The first-order valence-corrected chi connectivity index (χ1v) is 5.99. The Hall–Kier alpha value is -1.42. The number of rotatable bonds is 4. The maximum absolute atomic E-state index is 12.0. The van der Waals surface area contributed by atoms with Crippen LogP contribution in [0.25, 0.3) is 0 Å². The lowest BCUT2D eigenvalue weighted by Crippen LogP contribution is -2.39. The van der Waals surface area contributed by atoms with E-state index in [9.17, 15) is 4.79 Å². The number of ether oxygens (including phenoxy) is 1. The van der Waals surface area contributed by atoms with Crippen molar-refractivity contribution in [1.82, 2.24) is 10.3 Å². The smallest absolute Gasteiger partial charge is 0.270 e. The Morgan fingerprint density at radius 3 is 2.94 bits per heavy atom. The van der Waals surface area contributed by atoms with Gasteiger partial charge in [0.25, 0.3) is 5.91 Å². The van der Waals surface area contributed by atoms with Crippen molar-refractivity contribution in [3.8, 4) is 0 Å². The number of amides is 1. The zero-order chi connectivity index (χ0) is 12.3. The monoisotopic (exact) mass is 234 g/mol. The van der Waals surface area contributed by atoms with Crippen LogP contribution in [0.5, 0.6) is 0 Å². The Balaban J connectivity index is 2.02. The van der Waals surface area contributed by atoms with Crippen LogP contribution in [0.1, 0.15) is 35.8 Å². The fourth-order valence-electron chi connectivity index (χ4n) is 1.80. The molecule has 0 atom stereocenters. The number of pyridine rings is 1. The highest BCUT2D eigenvalue weighted by molar-refractivity contribution is 5.93. The molecule has 0 radical (unpaired) electrons. The highest BCUT2D eigenvalue weighted by Crippen LogP contribution is 2.17. The molecule has 1 aliphatic rings. The summed E-state index contributed by atoms with van der Waals surface area (Å²) in [5.74, 6) is 0.683. The molecule has 1 saturated heterocycles. The van der Waals surface area contributed by atoms with Crippen molar-refractivity contribution >= 4 is 5.91 Å². The van der Waals surface area contributed by atoms with Crippen LogP contribution in [0.2, 0.25) is 0 Å². The number of carbonyl (C=O) groups is 1. The van der Waals surface area contributed by atoms with Crippen molar-refractivity contribution in [2.24, 2.45) is 5.92 Å². The molecule has 0 unspecified atom stereocenters. The molecule has 92 valence electrons. The molecular formula is C13H18N2O2. The minimum atomic E-state index is -0.0822. The topological polar surface area (TPSA) is 51.2 Å². The van der Waals surface area contributed by atoms with E-state index in [0.29, 0.717) is 24.1 Å². The summed E-state index contributed by atoms with van der Waals surface area (Å²) in [6.45, 7) is 6.30. The summed E-state index contributed by atoms with van der Waals surface area (Å²) in [4.78, 5) is 16.2. The molecule has 1 fully saturated rings. The van der Waals surface area contributed by atoms with Gasteiger partial charge in [-0.15, -0.1) is 0 Å². The van der Waals surface area contributed by atoms with Crippen molar-refractivity contribution in [3.05, 3.63) is 29.6 Å². The van der Waals surface area contributed by atoms with E-state index in [1.165, 1.54) is 0 Å². The standard InChI is InChI=1S/C13H18N2O2/c1-9(2)11-4-3-5-14-12(11)13(16)15-6-10-7-17-8-10/h3-5,9-10H,6-8H2,1-2H3,(H,15,16). The summed E-state index contributed by atoms with van der Waals surface area (Å²) in [7, 11) is 0. The molecule has 1 amide bonds. The van der Waals surface area contributed by atoms with Crippen molar-refractivity contribution in [1.29, 1.82) is 0 Å². The van der Waals surface area contributed by atoms with Gasteiger partial charge in [0.15, 0.2) is 0 Å². The minimum absolute atomic E-state index is 0.0822. The molecule has 1 N–H and O–H groups in total. The van der Waals surface area contributed by atoms with E-state index in [1.54, 1.807) is 6.20 Å². The first kappa shape index (κ1) is 12.0. The van der Waals surface area contributed by atoms with E-state index in [4.69, 9.17) is 4.74 Å². The molecule has 1 aromatic rings. The molecule has 0 saturated carbocycles. The zero-order valence-corrected chi connectivity index (χ0v) is 10.3. The Labute approximate surface area is 101 Å². The minimum Gasteiger partial charge on any atom is -0.381 e. The van der Waals surface area contributed by atoms with Gasteiger partial charge in [-0.25, -0.2) is 0 Å². The molecule has 0 aromatic carbocycles. The Bertz CT molecular complexity index is 400. The third kappa shape index (κ3) is 2.82. The molecule has 0 aliphatic carbocycles. The molecule has 1 aliphatic heterocycles. The summed E-state index contributed by atoms with van der Waals surface area (Å²) in [6, 6.07) is 3.82. The lowest BCUT2D eigenvalue weighted by atomic mass is 10.0. The van der Waals surface area contributed by atoms with E-state index < -0.39 is 0 Å². The largest absolute Gasteiger partial charge is 0.381 e. The van der Waals surface area contributed by atoms with E-state index in [0.717, 1.165) is 18.8 Å². The number of hydrogen-bond acceptors (Lipinski definition) is 3. The van der Waals surface area contributed by atoms with Crippen LogP contribution >= 0.6 is 0 Å². The van der Waals surface area contributed by atoms with Crippen LogP contribution in [-0.2, 0) is 4.74 Å². The van der Waals surface area contributed by atoms with Gasteiger partial charge in [0.1, 0.15) is 5.69 Å². The fourth-order valence-corrected chi connectivity index (χ4v) is 1.80. The molecule has 2 rings (SSSR count). The van der Waals surface area contributed by atoms with Crippen LogP contribution in [0.3, 0.4) is 0 Å². The number of hydrogen-bond donors (Lipinski definition) is 1. The molecule has 2 heterocycles. The van der Waals surface area contributed by atoms with E-state index in [2.05, 4.69) is 24.1 Å². The first-order valence-electron chi connectivity index (χ1n) is 5.99. The normalized spacial score (nSPS) is 15.7. The van der Waals surface area contributed by atoms with Gasteiger partial charge in [0.05, 0.1) is 13.2 Å². The molecule has 0 spiro atoms. The molecule has 4 heteroatoms. The molecular weight excluding hydrogens is 216 g/mol. The third-order valence-electron chi connectivity index (χ3n) is 2.93. The number of aromatic nitrogens is 1. The quantitative estimate of drug-likeness (QED) is 0.860. The van der Waals surface area contributed by atoms with Crippen LogP contribution < -0.4 is 5.32 Å². The second-order valence-electron chi connectivity index (χ2n) is 4.71. The van der Waals surface area contributed by atoms with Crippen LogP contribution in [0, 0.1) is 5.92 Å². The average Bonchev–Trinajstić information content (AvgIpc) is 2.26.